The molecule has 0 aliphatic rings. The molecule has 36 heavy (non-hydrogen) atoms. The Labute approximate surface area is 208 Å². The standard InChI is InChI=1S/C24H16BF4.C7H7/c26-21-9-1-5-17(13-21)25(18-6-2-10-22(27)14-18,19-7-3-11-23(28)15-19)20-8-4-12-24(29)16-20;1-2-4-6-7-5-3-1/h1-16H;1-7H/q-1;+1. The van der Waals surface area contributed by atoms with Gasteiger partial charge in [0.15, 0.2) is 0 Å². The lowest BCUT2D eigenvalue weighted by Crippen LogP contribution is -2.75. The zero-order valence-corrected chi connectivity index (χ0v) is 19.4. The van der Waals surface area contributed by atoms with Crippen molar-refractivity contribution in [2.45, 2.75) is 0 Å². The highest BCUT2D eigenvalue weighted by Gasteiger charge is 2.32. The van der Waals surface area contributed by atoms with Crippen molar-refractivity contribution in [3.8, 4) is 0 Å². The predicted molar refractivity (Wildman–Crippen MR) is 141 cm³/mol. The van der Waals surface area contributed by atoms with E-state index in [1.807, 2.05) is 42.5 Å². The van der Waals surface area contributed by atoms with E-state index in [1.165, 1.54) is 48.5 Å². The number of hydrogen-bond donors (Lipinski definition) is 0. The van der Waals surface area contributed by atoms with Crippen LogP contribution in [0.25, 0.3) is 0 Å². The number of rotatable bonds is 4. The van der Waals surface area contributed by atoms with Crippen molar-refractivity contribution in [1.29, 1.82) is 0 Å². The molecule has 0 fully saturated rings. The van der Waals surface area contributed by atoms with E-state index in [0.717, 1.165) is 0 Å². The number of halogens is 4. The lowest BCUT2D eigenvalue weighted by atomic mass is 9.13. The molecular formula is C31H23BF4. The Morgan fingerprint density at radius 2 is 0.694 bits per heavy atom. The highest BCUT2D eigenvalue weighted by atomic mass is 19.1. The van der Waals surface area contributed by atoms with Crippen LogP contribution in [-0.2, 0) is 0 Å². The summed E-state index contributed by atoms with van der Waals surface area (Å²) >= 11 is 0. The SMILES string of the molecule is Fc1cccc([B-](c2cccc(F)c2)(c2cccc(F)c2)c2cccc(F)c2)c1.c1ccc[cH+]cc1. The number of benzene rings is 4. The lowest BCUT2D eigenvalue weighted by Gasteiger charge is -2.44. The molecule has 0 aliphatic heterocycles. The highest BCUT2D eigenvalue weighted by Crippen LogP contribution is 2.13. The van der Waals surface area contributed by atoms with Gasteiger partial charge in [0.05, 0.1) is 0 Å². The van der Waals surface area contributed by atoms with Gasteiger partial charge in [-0.2, -0.15) is 21.9 Å². The molecular weight excluding hydrogens is 459 g/mol. The predicted octanol–water partition coefficient (Wildman–Crippen LogP) is 5.59. The molecule has 0 spiro atoms. The Hall–Kier alpha value is -4.25. The summed E-state index contributed by atoms with van der Waals surface area (Å²) in [4.78, 5) is 0. The Morgan fingerprint density at radius 3 is 0.972 bits per heavy atom. The quantitative estimate of drug-likeness (QED) is 0.178. The van der Waals surface area contributed by atoms with E-state index >= 15 is 0 Å². The van der Waals surface area contributed by atoms with Crippen LogP contribution in [-0.4, -0.2) is 6.15 Å². The maximum atomic E-state index is 14.3. The van der Waals surface area contributed by atoms with Crippen molar-refractivity contribution in [2.24, 2.45) is 0 Å². The molecule has 0 saturated heterocycles. The van der Waals surface area contributed by atoms with Crippen molar-refractivity contribution in [2.75, 3.05) is 0 Å². The van der Waals surface area contributed by atoms with Crippen LogP contribution in [0.15, 0.2) is 140 Å². The molecule has 0 amide bonds. The van der Waals surface area contributed by atoms with Crippen LogP contribution in [0.5, 0.6) is 0 Å². The van der Waals surface area contributed by atoms with E-state index in [4.69, 9.17) is 0 Å². The van der Waals surface area contributed by atoms with E-state index in [1.54, 1.807) is 48.5 Å². The van der Waals surface area contributed by atoms with Crippen molar-refractivity contribution < 1.29 is 17.6 Å². The molecule has 0 bridgehead atoms. The monoisotopic (exact) mass is 482 g/mol. The van der Waals surface area contributed by atoms with E-state index in [-0.39, 0.29) is 0 Å². The maximum Gasteiger partial charge on any atom is 0.120 e. The number of hydrogen-bond acceptors (Lipinski definition) is 0. The van der Waals surface area contributed by atoms with Gasteiger partial charge in [0.25, 0.3) is 0 Å². The van der Waals surface area contributed by atoms with Gasteiger partial charge in [0, 0.05) is 42.5 Å². The van der Waals surface area contributed by atoms with Crippen LogP contribution in [0, 0.1) is 23.3 Å². The Bertz CT molecular complexity index is 1220. The van der Waals surface area contributed by atoms with Crippen molar-refractivity contribution in [1.82, 2.24) is 0 Å². The van der Waals surface area contributed by atoms with Gasteiger partial charge in [-0.1, -0.05) is 72.8 Å². The third kappa shape index (κ3) is 5.52. The minimum atomic E-state index is -2.25. The molecule has 0 aliphatic carbocycles. The van der Waals surface area contributed by atoms with Gasteiger partial charge in [-0.25, -0.2) is 17.6 Å². The largest absolute Gasteiger partial charge is 0.207 e. The third-order valence-corrected chi connectivity index (χ3v) is 6.17. The second-order valence-corrected chi connectivity index (χ2v) is 8.43. The maximum absolute atomic E-state index is 14.3. The fourth-order valence-corrected chi connectivity index (χ4v) is 4.71. The first kappa shape index (κ1) is 24.9. The summed E-state index contributed by atoms with van der Waals surface area (Å²) < 4.78 is 57.1. The molecule has 5 heteroatoms. The van der Waals surface area contributed by atoms with E-state index < -0.39 is 29.4 Å². The summed E-state index contributed by atoms with van der Waals surface area (Å²) in [5, 5.41) is 0. The molecule has 178 valence electrons. The summed E-state index contributed by atoms with van der Waals surface area (Å²) in [7, 11) is 0. The van der Waals surface area contributed by atoms with Crippen molar-refractivity contribution >= 4 is 28.0 Å². The zero-order valence-electron chi connectivity index (χ0n) is 19.4. The van der Waals surface area contributed by atoms with Crippen LogP contribution in [0.2, 0.25) is 0 Å². The van der Waals surface area contributed by atoms with Crippen LogP contribution < -0.4 is 21.9 Å². The molecule has 0 saturated carbocycles. The van der Waals surface area contributed by atoms with Gasteiger partial charge in [0.1, 0.15) is 29.4 Å². The van der Waals surface area contributed by atoms with Crippen LogP contribution >= 0.6 is 0 Å². The van der Waals surface area contributed by atoms with E-state index in [9.17, 15) is 17.6 Å². The first-order chi connectivity index (χ1) is 17.5. The Kier molecular flexibility index (Phi) is 7.91. The first-order valence-corrected chi connectivity index (χ1v) is 11.5. The van der Waals surface area contributed by atoms with Crippen LogP contribution in [0.4, 0.5) is 17.6 Å². The molecule has 0 heterocycles. The summed E-state index contributed by atoms with van der Waals surface area (Å²) in [5.41, 5.74) is 1.97. The van der Waals surface area contributed by atoms with Gasteiger partial charge < -0.3 is 0 Å². The van der Waals surface area contributed by atoms with Crippen LogP contribution in [0.3, 0.4) is 0 Å². The summed E-state index contributed by atoms with van der Waals surface area (Å²) in [6, 6.07) is 37.5. The molecule has 0 N–H and O–H groups in total. The fraction of sp³-hybridized carbons (Fsp3) is 0. The van der Waals surface area contributed by atoms with E-state index in [2.05, 4.69) is 0 Å². The Balaban J connectivity index is 0.000000375. The zero-order chi connectivity index (χ0) is 25.4. The second-order valence-electron chi connectivity index (χ2n) is 8.43. The smallest absolute Gasteiger partial charge is 0.120 e. The normalized spacial score (nSPS) is 10.8. The highest BCUT2D eigenvalue weighted by molar-refractivity contribution is 7.19. The summed E-state index contributed by atoms with van der Waals surface area (Å²) in [6.07, 6.45) is -2.25. The molecule has 0 radical (unpaired) electrons. The topological polar surface area (TPSA) is 0 Å². The molecule has 5 rings (SSSR count). The summed E-state index contributed by atoms with van der Waals surface area (Å²) in [6.45, 7) is 0. The Morgan fingerprint density at radius 1 is 0.389 bits per heavy atom. The first-order valence-electron chi connectivity index (χ1n) is 11.5. The summed E-state index contributed by atoms with van der Waals surface area (Å²) in [5.74, 6) is -1.95. The minimum absolute atomic E-state index is 0.488. The van der Waals surface area contributed by atoms with Gasteiger partial charge >= 0.3 is 0 Å². The van der Waals surface area contributed by atoms with Gasteiger partial charge in [-0.05, 0) is 24.3 Å². The third-order valence-electron chi connectivity index (χ3n) is 6.17. The lowest BCUT2D eigenvalue weighted by molar-refractivity contribution is 0.629. The fourth-order valence-electron chi connectivity index (χ4n) is 4.71. The second kappa shape index (κ2) is 11.5. The molecule has 0 atom stereocenters. The van der Waals surface area contributed by atoms with Gasteiger partial charge in [-0.15, -0.1) is 0 Å². The molecule has 0 nitrogen and oxygen atoms in total. The van der Waals surface area contributed by atoms with Crippen molar-refractivity contribution in [3.05, 3.63) is 163 Å². The molecule has 5 aromatic rings. The minimum Gasteiger partial charge on any atom is -0.207 e. The van der Waals surface area contributed by atoms with E-state index in [0.29, 0.717) is 21.9 Å². The van der Waals surface area contributed by atoms with Crippen molar-refractivity contribution in [3.63, 3.8) is 0 Å². The average Bonchev–Trinajstić information content (AvgIpc) is 3.19. The molecule has 5 aromatic carbocycles. The van der Waals surface area contributed by atoms with Gasteiger partial charge in [-0.3, -0.25) is 0 Å². The average molecular weight is 482 g/mol. The van der Waals surface area contributed by atoms with Gasteiger partial charge in [0.2, 0.25) is 0 Å². The molecule has 0 unspecified atom stereocenters. The van der Waals surface area contributed by atoms with Crippen LogP contribution in [0.1, 0.15) is 0 Å². The molecule has 0 aromatic heterocycles.